The summed E-state index contributed by atoms with van der Waals surface area (Å²) in [5.74, 6) is 2.01. The molecule has 0 amide bonds. The third-order valence-corrected chi connectivity index (χ3v) is 3.34. The Kier molecular flexibility index (Phi) is 4.58. The van der Waals surface area contributed by atoms with Gasteiger partial charge in [-0.2, -0.15) is 0 Å². The highest BCUT2D eigenvalue weighted by atomic mass is 16.5. The van der Waals surface area contributed by atoms with Crippen LogP contribution in [0.25, 0.3) is 0 Å². The van der Waals surface area contributed by atoms with Crippen molar-refractivity contribution in [1.82, 2.24) is 9.97 Å². The molecule has 1 saturated heterocycles. The van der Waals surface area contributed by atoms with Gasteiger partial charge in [-0.05, 0) is 27.2 Å². The van der Waals surface area contributed by atoms with Crippen LogP contribution in [0, 0.1) is 0 Å². The lowest BCUT2D eigenvalue weighted by Gasteiger charge is -2.37. The van der Waals surface area contributed by atoms with Gasteiger partial charge < -0.3 is 15.0 Å². The van der Waals surface area contributed by atoms with Gasteiger partial charge in [0.1, 0.15) is 18.0 Å². The van der Waals surface area contributed by atoms with Gasteiger partial charge in [-0.3, -0.25) is 0 Å². The van der Waals surface area contributed by atoms with Gasteiger partial charge in [0.15, 0.2) is 0 Å². The number of rotatable bonds is 4. The maximum Gasteiger partial charge on any atom is 0.137 e. The van der Waals surface area contributed by atoms with E-state index in [1.54, 1.807) is 6.33 Å². The largest absolute Gasteiger partial charge is 0.372 e. The summed E-state index contributed by atoms with van der Waals surface area (Å²) >= 11 is 0. The Morgan fingerprint density at radius 3 is 2.53 bits per heavy atom. The van der Waals surface area contributed by atoms with Gasteiger partial charge in [0.2, 0.25) is 0 Å². The summed E-state index contributed by atoms with van der Waals surface area (Å²) in [5, 5.41) is 3.32. The molecule has 106 valence electrons. The molecule has 0 spiro atoms. The lowest BCUT2D eigenvalue weighted by atomic mass is 10.1. The van der Waals surface area contributed by atoms with Crippen molar-refractivity contribution in [1.29, 1.82) is 0 Å². The standard InChI is InChI=1S/C14H24N4O/c1-5-12-13(15-6-2)16-9-17-14(12)18-7-10(3)19-11(4)8-18/h9-11H,5-8H2,1-4H3,(H,15,16,17)/t10-,11+. The molecule has 2 rings (SSSR count). The maximum atomic E-state index is 5.79. The van der Waals surface area contributed by atoms with E-state index in [9.17, 15) is 0 Å². The average Bonchev–Trinajstić information content (AvgIpc) is 2.37. The molecule has 2 atom stereocenters. The lowest BCUT2D eigenvalue weighted by Crippen LogP contribution is -2.46. The van der Waals surface area contributed by atoms with Crippen LogP contribution < -0.4 is 10.2 Å². The highest BCUT2D eigenvalue weighted by Gasteiger charge is 2.25. The van der Waals surface area contributed by atoms with Crippen molar-refractivity contribution >= 4 is 11.6 Å². The molecule has 0 saturated carbocycles. The number of nitrogens with zero attached hydrogens (tertiary/aromatic N) is 3. The van der Waals surface area contributed by atoms with Crippen molar-refractivity contribution in [3.05, 3.63) is 11.9 Å². The molecule has 1 aromatic rings. The SMILES string of the molecule is CCNc1ncnc(N2C[C@@H](C)O[C@@H](C)C2)c1CC. The molecule has 1 N–H and O–H groups in total. The molecule has 1 fully saturated rings. The summed E-state index contributed by atoms with van der Waals surface area (Å²) in [4.78, 5) is 11.2. The Bertz CT molecular complexity index is 414. The molecule has 5 nitrogen and oxygen atoms in total. The maximum absolute atomic E-state index is 5.79. The van der Waals surface area contributed by atoms with Crippen molar-refractivity contribution in [3.63, 3.8) is 0 Å². The first-order valence-electron chi connectivity index (χ1n) is 7.13. The van der Waals surface area contributed by atoms with Gasteiger partial charge in [0.25, 0.3) is 0 Å². The van der Waals surface area contributed by atoms with Crippen molar-refractivity contribution in [3.8, 4) is 0 Å². The van der Waals surface area contributed by atoms with Crippen LogP contribution >= 0.6 is 0 Å². The van der Waals surface area contributed by atoms with E-state index in [2.05, 4.69) is 47.9 Å². The molecule has 0 radical (unpaired) electrons. The van der Waals surface area contributed by atoms with Gasteiger partial charge >= 0.3 is 0 Å². The third kappa shape index (κ3) is 3.15. The molecule has 5 heteroatoms. The summed E-state index contributed by atoms with van der Waals surface area (Å²) in [7, 11) is 0. The fourth-order valence-electron chi connectivity index (χ4n) is 2.67. The van der Waals surface area contributed by atoms with E-state index < -0.39 is 0 Å². The van der Waals surface area contributed by atoms with Crippen molar-refractivity contribution < 1.29 is 4.74 Å². The number of hydrogen-bond acceptors (Lipinski definition) is 5. The van der Waals surface area contributed by atoms with Crippen LogP contribution in [0.15, 0.2) is 6.33 Å². The van der Waals surface area contributed by atoms with Gasteiger partial charge in [-0.25, -0.2) is 9.97 Å². The molecule has 1 aliphatic heterocycles. The first-order valence-corrected chi connectivity index (χ1v) is 7.13. The van der Waals surface area contributed by atoms with Crippen LogP contribution in [-0.2, 0) is 11.2 Å². The summed E-state index contributed by atoms with van der Waals surface area (Å²) < 4.78 is 5.79. The van der Waals surface area contributed by atoms with Crippen molar-refractivity contribution in [2.24, 2.45) is 0 Å². The van der Waals surface area contributed by atoms with E-state index in [0.29, 0.717) is 0 Å². The quantitative estimate of drug-likeness (QED) is 0.902. The smallest absolute Gasteiger partial charge is 0.137 e. The molecule has 19 heavy (non-hydrogen) atoms. The Labute approximate surface area is 115 Å². The first-order chi connectivity index (χ1) is 9.15. The minimum atomic E-state index is 0.242. The fraction of sp³-hybridized carbons (Fsp3) is 0.714. The van der Waals surface area contributed by atoms with Crippen LogP contribution in [0.5, 0.6) is 0 Å². The first kappa shape index (κ1) is 14.1. The fourth-order valence-corrected chi connectivity index (χ4v) is 2.67. The number of ether oxygens (including phenoxy) is 1. The summed E-state index contributed by atoms with van der Waals surface area (Å²) in [6.45, 7) is 11.1. The predicted molar refractivity (Wildman–Crippen MR) is 77.8 cm³/mol. The molecule has 0 unspecified atom stereocenters. The second-order valence-corrected chi connectivity index (χ2v) is 5.07. The van der Waals surface area contributed by atoms with E-state index >= 15 is 0 Å². The second-order valence-electron chi connectivity index (χ2n) is 5.07. The van der Waals surface area contributed by atoms with Crippen LogP contribution in [0.1, 0.15) is 33.3 Å². The van der Waals surface area contributed by atoms with Crippen molar-refractivity contribution in [2.75, 3.05) is 29.9 Å². The van der Waals surface area contributed by atoms with E-state index in [0.717, 1.165) is 37.7 Å². The Morgan fingerprint density at radius 1 is 1.26 bits per heavy atom. The minimum absolute atomic E-state index is 0.242. The van der Waals surface area contributed by atoms with Crippen LogP contribution in [0.2, 0.25) is 0 Å². The van der Waals surface area contributed by atoms with Gasteiger partial charge in [-0.1, -0.05) is 6.92 Å². The van der Waals surface area contributed by atoms with Crippen LogP contribution in [0.3, 0.4) is 0 Å². The Hall–Kier alpha value is -1.36. The summed E-state index contributed by atoms with van der Waals surface area (Å²) in [5.41, 5.74) is 1.20. The zero-order chi connectivity index (χ0) is 13.8. The normalized spacial score (nSPS) is 23.5. The van der Waals surface area contributed by atoms with E-state index in [1.165, 1.54) is 5.56 Å². The van der Waals surface area contributed by atoms with E-state index in [-0.39, 0.29) is 12.2 Å². The Morgan fingerprint density at radius 2 is 1.95 bits per heavy atom. The summed E-state index contributed by atoms with van der Waals surface area (Å²) in [6, 6.07) is 0. The zero-order valence-corrected chi connectivity index (χ0v) is 12.3. The van der Waals surface area contributed by atoms with Crippen LogP contribution in [-0.4, -0.2) is 41.8 Å². The van der Waals surface area contributed by atoms with Crippen LogP contribution in [0.4, 0.5) is 11.6 Å². The molecule has 0 bridgehead atoms. The molecule has 1 aromatic heterocycles. The number of anilines is 2. The second kappa shape index (κ2) is 6.19. The molecule has 0 aromatic carbocycles. The van der Waals surface area contributed by atoms with Gasteiger partial charge in [-0.15, -0.1) is 0 Å². The molecular weight excluding hydrogens is 240 g/mol. The van der Waals surface area contributed by atoms with E-state index in [4.69, 9.17) is 4.74 Å². The number of aromatic nitrogens is 2. The zero-order valence-electron chi connectivity index (χ0n) is 12.3. The van der Waals surface area contributed by atoms with E-state index in [1.807, 2.05) is 0 Å². The van der Waals surface area contributed by atoms with Crippen molar-refractivity contribution in [2.45, 2.75) is 46.3 Å². The third-order valence-electron chi connectivity index (χ3n) is 3.34. The number of hydrogen-bond donors (Lipinski definition) is 1. The average molecular weight is 264 g/mol. The molecule has 2 heterocycles. The predicted octanol–water partition coefficient (Wildman–Crippen LogP) is 2.08. The minimum Gasteiger partial charge on any atom is -0.372 e. The number of morpholine rings is 1. The topological polar surface area (TPSA) is 50.3 Å². The molecular formula is C14H24N4O. The van der Waals surface area contributed by atoms with Gasteiger partial charge in [0.05, 0.1) is 12.2 Å². The molecule has 1 aliphatic rings. The highest BCUT2D eigenvalue weighted by Crippen LogP contribution is 2.26. The highest BCUT2D eigenvalue weighted by molar-refractivity contribution is 5.59. The van der Waals surface area contributed by atoms with Gasteiger partial charge in [0, 0.05) is 25.2 Å². The Balaban J connectivity index is 2.30. The summed E-state index contributed by atoms with van der Waals surface area (Å²) in [6.07, 6.45) is 3.06. The number of nitrogens with one attached hydrogen (secondary N) is 1. The molecule has 0 aliphatic carbocycles. The lowest BCUT2D eigenvalue weighted by molar-refractivity contribution is -0.00550. The monoisotopic (exact) mass is 264 g/mol.